The molecule has 0 aromatic carbocycles. The molecule has 1 heterocycles. The van der Waals surface area contributed by atoms with Gasteiger partial charge in [-0.2, -0.15) is 16.7 Å². The van der Waals surface area contributed by atoms with Gasteiger partial charge in [0.05, 0.1) is 5.75 Å². The van der Waals surface area contributed by atoms with Crippen LogP contribution in [0.1, 0.15) is 38.4 Å². The van der Waals surface area contributed by atoms with E-state index in [2.05, 4.69) is 15.5 Å². The van der Waals surface area contributed by atoms with Crippen molar-refractivity contribution in [1.29, 1.82) is 0 Å². The first-order valence-electron chi connectivity index (χ1n) is 6.42. The molecule has 1 aromatic heterocycles. The van der Waals surface area contributed by atoms with Gasteiger partial charge < -0.3 is 14.9 Å². The van der Waals surface area contributed by atoms with Crippen LogP contribution in [-0.2, 0) is 21.8 Å². The van der Waals surface area contributed by atoms with E-state index in [1.165, 1.54) is 18.7 Å². The highest BCUT2D eigenvalue weighted by molar-refractivity contribution is 7.98. The topological polar surface area (TPSA) is 105 Å². The minimum absolute atomic E-state index is 0.344. The Kier molecular flexibility index (Phi) is 7.06. The molecule has 0 aliphatic rings. The minimum atomic E-state index is -1.02. The second-order valence-electron chi connectivity index (χ2n) is 4.29. The minimum Gasteiger partial charge on any atom is -0.480 e. The number of carbonyl (C=O) groups is 2. The Balaban J connectivity index is 2.28. The smallest absolute Gasteiger partial charge is 0.326 e. The molecule has 0 aliphatic carbocycles. The molecule has 0 radical (unpaired) electrons. The first-order valence-corrected chi connectivity index (χ1v) is 7.57. The van der Waals surface area contributed by atoms with Crippen LogP contribution in [0.4, 0.5) is 0 Å². The lowest BCUT2D eigenvalue weighted by atomic mass is 10.2. The summed E-state index contributed by atoms with van der Waals surface area (Å²) in [6.07, 6.45) is 2.11. The average Bonchev–Trinajstić information content (AvgIpc) is 2.80. The molecule has 1 rings (SSSR count). The lowest BCUT2D eigenvalue weighted by Crippen LogP contribution is -2.39. The van der Waals surface area contributed by atoms with Crippen molar-refractivity contribution in [2.45, 2.75) is 44.9 Å². The van der Waals surface area contributed by atoms with Gasteiger partial charge in [-0.1, -0.05) is 12.1 Å². The predicted octanol–water partition coefficient (Wildman–Crippen LogP) is 1.23. The molecule has 0 fully saturated rings. The fourth-order valence-electron chi connectivity index (χ4n) is 1.54. The van der Waals surface area contributed by atoms with E-state index in [1.807, 2.05) is 6.92 Å². The molecule has 0 spiro atoms. The molecule has 7 nitrogen and oxygen atoms in total. The molecule has 1 atom stereocenters. The number of thioether (sulfide) groups is 1. The molecule has 112 valence electrons. The highest BCUT2D eigenvalue weighted by Crippen LogP contribution is 2.13. The van der Waals surface area contributed by atoms with E-state index >= 15 is 0 Å². The molecule has 1 amide bonds. The highest BCUT2D eigenvalue weighted by Gasteiger charge is 2.17. The van der Waals surface area contributed by atoms with Crippen molar-refractivity contribution in [3.05, 3.63) is 11.7 Å². The molecule has 0 saturated carbocycles. The Morgan fingerprint density at radius 3 is 2.85 bits per heavy atom. The zero-order chi connectivity index (χ0) is 15.0. The molecule has 0 aliphatic heterocycles. The standard InChI is InChI=1S/C12H19N3O4S/c1-3-4-10-14-11(19-15-10)7-20-6-5-9(12(17)18)13-8(2)16/h9H,3-7H2,1-2H3,(H,13,16)(H,17,18). The average molecular weight is 301 g/mol. The van der Waals surface area contributed by atoms with Crippen LogP contribution in [0.2, 0.25) is 0 Å². The van der Waals surface area contributed by atoms with Gasteiger partial charge in [0.1, 0.15) is 6.04 Å². The zero-order valence-electron chi connectivity index (χ0n) is 11.6. The molecule has 0 saturated heterocycles. The molecule has 20 heavy (non-hydrogen) atoms. The van der Waals surface area contributed by atoms with Crippen molar-refractivity contribution >= 4 is 23.6 Å². The molecular formula is C12H19N3O4S. The number of nitrogens with one attached hydrogen (secondary N) is 1. The first kappa shape index (κ1) is 16.5. The lowest BCUT2D eigenvalue weighted by molar-refractivity contribution is -0.141. The van der Waals surface area contributed by atoms with Crippen LogP contribution in [0.25, 0.3) is 0 Å². The second-order valence-corrected chi connectivity index (χ2v) is 5.39. The highest BCUT2D eigenvalue weighted by atomic mass is 32.2. The van der Waals surface area contributed by atoms with Crippen molar-refractivity contribution in [1.82, 2.24) is 15.5 Å². The summed E-state index contributed by atoms with van der Waals surface area (Å²) in [4.78, 5) is 26.0. The number of aliphatic carboxylic acids is 1. The number of aromatic nitrogens is 2. The maximum Gasteiger partial charge on any atom is 0.326 e. The number of hydrogen-bond donors (Lipinski definition) is 2. The molecule has 1 unspecified atom stereocenters. The van der Waals surface area contributed by atoms with Crippen LogP contribution >= 0.6 is 11.8 Å². The Bertz CT molecular complexity index is 450. The van der Waals surface area contributed by atoms with E-state index < -0.39 is 12.0 Å². The Morgan fingerprint density at radius 2 is 2.25 bits per heavy atom. The van der Waals surface area contributed by atoms with Crippen LogP contribution in [-0.4, -0.2) is 38.9 Å². The fraction of sp³-hybridized carbons (Fsp3) is 0.667. The zero-order valence-corrected chi connectivity index (χ0v) is 12.4. The van der Waals surface area contributed by atoms with Gasteiger partial charge >= 0.3 is 5.97 Å². The number of rotatable bonds is 9. The van der Waals surface area contributed by atoms with Gasteiger partial charge in [-0.25, -0.2) is 4.79 Å². The number of nitrogens with zero attached hydrogens (tertiary/aromatic N) is 2. The van der Waals surface area contributed by atoms with E-state index in [9.17, 15) is 9.59 Å². The Labute approximate surface area is 121 Å². The number of amides is 1. The lowest BCUT2D eigenvalue weighted by Gasteiger charge is -2.12. The van der Waals surface area contributed by atoms with Crippen molar-refractivity contribution in [3.8, 4) is 0 Å². The second kappa shape index (κ2) is 8.57. The monoisotopic (exact) mass is 301 g/mol. The Morgan fingerprint density at radius 1 is 1.50 bits per heavy atom. The fourth-order valence-corrected chi connectivity index (χ4v) is 2.38. The quantitative estimate of drug-likeness (QED) is 0.661. The number of carbonyl (C=O) groups excluding carboxylic acids is 1. The molecule has 0 bridgehead atoms. The number of carboxylic acid groups (broad SMARTS) is 1. The largest absolute Gasteiger partial charge is 0.480 e. The summed E-state index contributed by atoms with van der Waals surface area (Å²) in [6, 6.07) is -0.849. The number of aryl methyl sites for hydroxylation is 1. The van der Waals surface area contributed by atoms with Gasteiger partial charge in [0.25, 0.3) is 0 Å². The van der Waals surface area contributed by atoms with Crippen molar-refractivity contribution in [2.75, 3.05) is 5.75 Å². The van der Waals surface area contributed by atoms with Gasteiger partial charge in [0, 0.05) is 13.3 Å². The van der Waals surface area contributed by atoms with Gasteiger partial charge in [0.15, 0.2) is 5.82 Å². The van der Waals surface area contributed by atoms with E-state index in [0.29, 0.717) is 29.6 Å². The molecule has 8 heteroatoms. The number of carboxylic acids is 1. The van der Waals surface area contributed by atoms with Gasteiger partial charge in [-0.3, -0.25) is 4.79 Å². The number of hydrogen-bond acceptors (Lipinski definition) is 6. The van der Waals surface area contributed by atoms with E-state index in [1.54, 1.807) is 0 Å². The summed E-state index contributed by atoms with van der Waals surface area (Å²) < 4.78 is 5.07. The maximum atomic E-state index is 10.9. The predicted molar refractivity (Wildman–Crippen MR) is 74.3 cm³/mol. The first-order chi connectivity index (χ1) is 9.52. The molecule has 2 N–H and O–H groups in total. The van der Waals surface area contributed by atoms with Crippen molar-refractivity contribution in [2.24, 2.45) is 0 Å². The van der Waals surface area contributed by atoms with E-state index in [-0.39, 0.29) is 5.91 Å². The summed E-state index contributed by atoms with van der Waals surface area (Å²) in [5.74, 6) is 1.01. The molecular weight excluding hydrogens is 282 g/mol. The summed E-state index contributed by atoms with van der Waals surface area (Å²) in [7, 11) is 0. The summed E-state index contributed by atoms with van der Waals surface area (Å²) in [5.41, 5.74) is 0. The summed E-state index contributed by atoms with van der Waals surface area (Å²) in [6.45, 7) is 3.34. The van der Waals surface area contributed by atoms with Gasteiger partial charge in [-0.15, -0.1) is 0 Å². The van der Waals surface area contributed by atoms with Crippen molar-refractivity contribution in [3.63, 3.8) is 0 Å². The van der Waals surface area contributed by atoms with Crippen LogP contribution < -0.4 is 5.32 Å². The van der Waals surface area contributed by atoms with Crippen molar-refractivity contribution < 1.29 is 19.2 Å². The normalized spacial score (nSPS) is 12.1. The summed E-state index contributed by atoms with van der Waals surface area (Å²) in [5, 5.41) is 15.2. The van der Waals surface area contributed by atoms with E-state index in [4.69, 9.17) is 9.63 Å². The Hall–Kier alpha value is -1.57. The van der Waals surface area contributed by atoms with Crippen LogP contribution in [0.5, 0.6) is 0 Å². The SMILES string of the molecule is CCCc1noc(CSCCC(NC(C)=O)C(=O)O)n1. The van der Waals surface area contributed by atoms with E-state index in [0.717, 1.165) is 12.8 Å². The third-order valence-corrected chi connectivity index (χ3v) is 3.41. The third kappa shape index (κ3) is 6.05. The van der Waals surface area contributed by atoms with Crippen LogP contribution in [0.3, 0.4) is 0 Å². The molecule has 1 aromatic rings. The van der Waals surface area contributed by atoms with Crippen LogP contribution in [0.15, 0.2) is 4.52 Å². The third-order valence-electron chi connectivity index (χ3n) is 2.44. The summed E-state index contributed by atoms with van der Waals surface area (Å²) >= 11 is 1.50. The van der Waals surface area contributed by atoms with Gasteiger partial charge in [-0.05, 0) is 18.6 Å². The van der Waals surface area contributed by atoms with Gasteiger partial charge in [0.2, 0.25) is 11.8 Å². The van der Waals surface area contributed by atoms with Crippen LogP contribution in [0, 0.1) is 0 Å². The maximum absolute atomic E-state index is 10.9.